The summed E-state index contributed by atoms with van der Waals surface area (Å²) in [5.41, 5.74) is 10.4. The van der Waals surface area contributed by atoms with Crippen molar-refractivity contribution < 1.29 is 9.59 Å². The lowest BCUT2D eigenvalue weighted by Crippen LogP contribution is -2.32. The van der Waals surface area contributed by atoms with E-state index in [-0.39, 0.29) is 17.9 Å². The molecule has 1 saturated heterocycles. The van der Waals surface area contributed by atoms with Crippen molar-refractivity contribution in [3.63, 3.8) is 0 Å². The maximum atomic E-state index is 13.4. The van der Waals surface area contributed by atoms with Crippen LogP contribution in [0.15, 0.2) is 60.8 Å². The van der Waals surface area contributed by atoms with Crippen molar-refractivity contribution >= 4 is 29.0 Å². The number of anilines is 3. The fourth-order valence-electron chi connectivity index (χ4n) is 4.58. The van der Waals surface area contributed by atoms with E-state index in [1.54, 1.807) is 24.4 Å². The summed E-state index contributed by atoms with van der Waals surface area (Å²) in [7, 11) is 0. The molecule has 0 saturated carbocycles. The van der Waals surface area contributed by atoms with Gasteiger partial charge in [-0.2, -0.15) is 0 Å². The molecule has 36 heavy (non-hydrogen) atoms. The number of carbonyl (C=O) groups is 2. The van der Waals surface area contributed by atoms with Crippen LogP contribution in [0.2, 0.25) is 0 Å². The highest BCUT2D eigenvalue weighted by atomic mass is 16.2. The Bertz CT molecular complexity index is 1210. The van der Waals surface area contributed by atoms with Crippen LogP contribution in [0.1, 0.15) is 70.9 Å². The van der Waals surface area contributed by atoms with Crippen molar-refractivity contribution in [2.24, 2.45) is 0 Å². The Labute approximate surface area is 213 Å². The molecule has 3 aromatic rings. The highest BCUT2D eigenvalue weighted by molar-refractivity contribution is 6.05. The predicted octanol–water partition coefficient (Wildman–Crippen LogP) is 5.45. The number of nitrogens with one attached hydrogen (secondary N) is 2. The first-order chi connectivity index (χ1) is 17.3. The van der Waals surface area contributed by atoms with Crippen LogP contribution in [-0.4, -0.2) is 40.8 Å². The lowest BCUT2D eigenvalue weighted by Gasteiger charge is -2.21. The largest absolute Gasteiger partial charge is 0.399 e. The smallest absolute Gasteiger partial charge is 0.257 e. The van der Waals surface area contributed by atoms with Gasteiger partial charge in [0.25, 0.3) is 11.8 Å². The van der Waals surface area contributed by atoms with E-state index in [4.69, 9.17) is 5.73 Å². The highest BCUT2D eigenvalue weighted by Gasteiger charge is 2.23. The van der Waals surface area contributed by atoms with E-state index in [2.05, 4.69) is 27.8 Å². The molecule has 1 aromatic heterocycles. The maximum Gasteiger partial charge on any atom is 0.257 e. The monoisotopic (exact) mass is 485 g/mol. The Balaban J connectivity index is 1.42. The number of likely N-dealkylation sites (tertiary alicyclic amines) is 1. The molecule has 2 heterocycles. The standard InChI is InChI=1S/C29H35N5O2/c1-19(2)32-27-13-10-24(18-31-27)28(35)33-26-17-23(7-6-20(26)3)29(36)34-15-4-5-21(14-16-34)22-8-11-25(30)12-9-22/h6-13,17-19,21H,4-5,14-16,30H2,1-3H3,(H,31,32)(H,33,35). The Hall–Kier alpha value is -3.87. The molecule has 1 atom stereocenters. The Morgan fingerprint density at radius 1 is 1.00 bits per heavy atom. The minimum Gasteiger partial charge on any atom is -0.399 e. The number of hydrogen-bond acceptors (Lipinski definition) is 5. The van der Waals surface area contributed by atoms with Gasteiger partial charge in [0.2, 0.25) is 0 Å². The molecule has 2 amide bonds. The first-order valence-corrected chi connectivity index (χ1v) is 12.6. The van der Waals surface area contributed by atoms with Crippen molar-refractivity contribution in [2.75, 3.05) is 29.5 Å². The van der Waals surface area contributed by atoms with Crippen LogP contribution in [0.25, 0.3) is 0 Å². The van der Waals surface area contributed by atoms with E-state index in [1.807, 2.05) is 49.9 Å². The van der Waals surface area contributed by atoms with Gasteiger partial charge in [-0.25, -0.2) is 4.98 Å². The van der Waals surface area contributed by atoms with Gasteiger partial charge in [-0.1, -0.05) is 18.2 Å². The van der Waals surface area contributed by atoms with E-state index in [1.165, 1.54) is 5.56 Å². The summed E-state index contributed by atoms with van der Waals surface area (Å²) in [6.07, 6.45) is 4.46. The van der Waals surface area contributed by atoms with Gasteiger partial charge in [-0.05, 0) is 93.5 Å². The lowest BCUT2D eigenvalue weighted by molar-refractivity contribution is 0.0760. The summed E-state index contributed by atoms with van der Waals surface area (Å²) in [6.45, 7) is 7.40. The van der Waals surface area contributed by atoms with Crippen LogP contribution in [0, 0.1) is 6.92 Å². The Morgan fingerprint density at radius 2 is 1.75 bits per heavy atom. The van der Waals surface area contributed by atoms with E-state index in [9.17, 15) is 9.59 Å². The molecule has 7 nitrogen and oxygen atoms in total. The number of amides is 2. The zero-order chi connectivity index (χ0) is 25.7. The number of rotatable bonds is 6. The van der Waals surface area contributed by atoms with Crippen LogP contribution in [0.5, 0.6) is 0 Å². The van der Waals surface area contributed by atoms with Crippen LogP contribution in [0.3, 0.4) is 0 Å². The van der Waals surface area contributed by atoms with Gasteiger partial charge in [-0.15, -0.1) is 0 Å². The molecule has 0 radical (unpaired) electrons. The third-order valence-corrected chi connectivity index (χ3v) is 6.62. The van der Waals surface area contributed by atoms with E-state index in [0.29, 0.717) is 29.3 Å². The molecular formula is C29H35N5O2. The number of nitrogens with two attached hydrogens (primary N) is 1. The van der Waals surface area contributed by atoms with E-state index < -0.39 is 0 Å². The summed E-state index contributed by atoms with van der Waals surface area (Å²) >= 11 is 0. The summed E-state index contributed by atoms with van der Waals surface area (Å²) in [5.74, 6) is 0.884. The minimum absolute atomic E-state index is 0.00534. The molecule has 1 aliphatic heterocycles. The maximum absolute atomic E-state index is 13.4. The second kappa shape index (κ2) is 11.2. The number of nitrogens with zero attached hydrogens (tertiary/aromatic N) is 2. The summed E-state index contributed by atoms with van der Waals surface area (Å²) in [5, 5.41) is 6.16. The first-order valence-electron chi connectivity index (χ1n) is 12.6. The second-order valence-corrected chi connectivity index (χ2v) is 9.80. The average molecular weight is 486 g/mol. The molecule has 0 aliphatic carbocycles. The number of aryl methyl sites for hydroxylation is 1. The van der Waals surface area contributed by atoms with E-state index in [0.717, 1.165) is 42.9 Å². The fraction of sp³-hybridized carbons (Fsp3) is 0.345. The van der Waals surface area contributed by atoms with Crippen LogP contribution < -0.4 is 16.4 Å². The first kappa shape index (κ1) is 25.2. The number of aromatic nitrogens is 1. The van der Waals surface area contributed by atoms with Gasteiger partial charge < -0.3 is 21.3 Å². The minimum atomic E-state index is -0.257. The summed E-state index contributed by atoms with van der Waals surface area (Å²) < 4.78 is 0. The molecule has 4 rings (SSSR count). The van der Waals surface area contributed by atoms with Gasteiger partial charge in [0, 0.05) is 42.3 Å². The van der Waals surface area contributed by atoms with Gasteiger partial charge in [0.05, 0.1) is 5.56 Å². The average Bonchev–Trinajstić information content (AvgIpc) is 3.12. The highest BCUT2D eigenvalue weighted by Crippen LogP contribution is 2.29. The SMILES string of the molecule is Cc1ccc(C(=O)N2CCCC(c3ccc(N)cc3)CC2)cc1NC(=O)c1ccc(NC(C)C)nc1. The third-order valence-electron chi connectivity index (χ3n) is 6.62. The van der Waals surface area contributed by atoms with Crippen molar-refractivity contribution in [2.45, 2.75) is 52.0 Å². The van der Waals surface area contributed by atoms with Gasteiger partial charge >= 0.3 is 0 Å². The molecule has 1 aliphatic rings. The van der Waals surface area contributed by atoms with Gasteiger partial charge in [0.15, 0.2) is 0 Å². The molecule has 0 spiro atoms. The number of pyridine rings is 1. The quantitative estimate of drug-likeness (QED) is 0.403. The summed E-state index contributed by atoms with van der Waals surface area (Å²) in [4.78, 5) is 32.5. The predicted molar refractivity (Wildman–Crippen MR) is 145 cm³/mol. The normalized spacial score (nSPS) is 15.9. The Morgan fingerprint density at radius 3 is 2.44 bits per heavy atom. The molecular weight excluding hydrogens is 450 g/mol. The van der Waals surface area contributed by atoms with Crippen molar-refractivity contribution in [3.8, 4) is 0 Å². The number of benzene rings is 2. The van der Waals surface area contributed by atoms with E-state index >= 15 is 0 Å². The second-order valence-electron chi connectivity index (χ2n) is 9.80. The number of carbonyl (C=O) groups excluding carboxylic acids is 2. The number of nitrogen functional groups attached to an aromatic ring is 1. The Kier molecular flexibility index (Phi) is 7.88. The molecule has 0 bridgehead atoms. The zero-order valence-corrected chi connectivity index (χ0v) is 21.3. The zero-order valence-electron chi connectivity index (χ0n) is 21.3. The molecule has 188 valence electrons. The molecule has 1 fully saturated rings. The molecule has 1 unspecified atom stereocenters. The van der Waals surface area contributed by atoms with Gasteiger partial charge in [0.1, 0.15) is 5.82 Å². The topological polar surface area (TPSA) is 100 Å². The third kappa shape index (κ3) is 6.22. The van der Waals surface area contributed by atoms with Crippen LogP contribution in [-0.2, 0) is 0 Å². The fourth-order valence-corrected chi connectivity index (χ4v) is 4.58. The van der Waals surface area contributed by atoms with Crippen LogP contribution in [0.4, 0.5) is 17.2 Å². The lowest BCUT2D eigenvalue weighted by atomic mass is 9.92. The molecule has 4 N–H and O–H groups in total. The summed E-state index contributed by atoms with van der Waals surface area (Å²) in [6, 6.07) is 17.4. The van der Waals surface area contributed by atoms with Gasteiger partial charge in [-0.3, -0.25) is 9.59 Å². The van der Waals surface area contributed by atoms with Crippen molar-refractivity contribution in [3.05, 3.63) is 83.0 Å². The molecule has 7 heteroatoms. The van der Waals surface area contributed by atoms with Crippen LogP contribution >= 0.6 is 0 Å². The molecule has 2 aromatic carbocycles. The van der Waals surface area contributed by atoms with Crippen molar-refractivity contribution in [1.82, 2.24) is 9.88 Å². The van der Waals surface area contributed by atoms with Crippen molar-refractivity contribution in [1.29, 1.82) is 0 Å². The number of hydrogen-bond donors (Lipinski definition) is 3.